The van der Waals surface area contributed by atoms with Crippen LogP contribution in [0.1, 0.15) is 5.56 Å². The summed E-state index contributed by atoms with van der Waals surface area (Å²) in [6.07, 6.45) is 0. The SMILES string of the molecule is Cc1ccc(Cl)cc1NC(=O)Cn1c(=O)oc2ccc([N+](=O)[O-])cc21. The fourth-order valence-corrected chi connectivity index (χ4v) is 2.55. The monoisotopic (exact) mass is 361 g/mol. The largest absolute Gasteiger partial charge is 0.420 e. The number of hydrogen-bond acceptors (Lipinski definition) is 5. The van der Waals surface area contributed by atoms with Gasteiger partial charge < -0.3 is 9.73 Å². The standard InChI is InChI=1S/C16H12ClN3O5/c1-9-2-3-10(17)6-12(9)18-15(21)8-19-13-7-11(20(23)24)4-5-14(13)25-16(19)22/h2-7H,8H2,1H3,(H,18,21). The molecule has 0 saturated heterocycles. The Kier molecular flexibility index (Phi) is 4.28. The van der Waals surface area contributed by atoms with Crippen LogP contribution in [0.15, 0.2) is 45.6 Å². The van der Waals surface area contributed by atoms with E-state index in [-0.39, 0.29) is 23.3 Å². The Labute approximate surface area is 145 Å². The van der Waals surface area contributed by atoms with Crippen molar-refractivity contribution in [1.82, 2.24) is 4.57 Å². The quantitative estimate of drug-likeness (QED) is 0.567. The number of nitro benzene ring substituents is 1. The average Bonchev–Trinajstić information content (AvgIpc) is 2.86. The number of non-ortho nitro benzene ring substituents is 1. The second-order valence-corrected chi connectivity index (χ2v) is 5.81. The Balaban J connectivity index is 1.91. The van der Waals surface area contributed by atoms with Gasteiger partial charge in [0.25, 0.3) is 5.69 Å². The number of nitrogens with zero attached hydrogens (tertiary/aromatic N) is 2. The van der Waals surface area contributed by atoms with Crippen molar-refractivity contribution >= 4 is 40.0 Å². The van der Waals surface area contributed by atoms with Gasteiger partial charge >= 0.3 is 5.76 Å². The Bertz CT molecular complexity index is 1050. The lowest BCUT2D eigenvalue weighted by atomic mass is 10.2. The molecule has 0 radical (unpaired) electrons. The van der Waals surface area contributed by atoms with Crippen LogP contribution in [0.25, 0.3) is 11.1 Å². The van der Waals surface area contributed by atoms with Gasteiger partial charge in [-0.3, -0.25) is 19.5 Å². The number of aromatic nitrogens is 1. The molecule has 0 aliphatic rings. The summed E-state index contributed by atoms with van der Waals surface area (Å²) in [5.74, 6) is -1.25. The van der Waals surface area contributed by atoms with E-state index < -0.39 is 16.6 Å². The number of nitro groups is 1. The lowest BCUT2D eigenvalue weighted by molar-refractivity contribution is -0.384. The summed E-state index contributed by atoms with van der Waals surface area (Å²) in [5, 5.41) is 14.0. The normalized spacial score (nSPS) is 10.8. The highest BCUT2D eigenvalue weighted by atomic mass is 35.5. The predicted molar refractivity (Wildman–Crippen MR) is 91.9 cm³/mol. The fraction of sp³-hybridized carbons (Fsp3) is 0.125. The van der Waals surface area contributed by atoms with Gasteiger partial charge in [-0.25, -0.2) is 4.79 Å². The van der Waals surface area contributed by atoms with Gasteiger partial charge in [0.2, 0.25) is 5.91 Å². The van der Waals surface area contributed by atoms with Gasteiger partial charge in [-0.2, -0.15) is 0 Å². The number of benzene rings is 2. The molecule has 0 aliphatic carbocycles. The van der Waals surface area contributed by atoms with Crippen LogP contribution in [0.4, 0.5) is 11.4 Å². The molecule has 1 N–H and O–H groups in total. The molecule has 128 valence electrons. The maximum absolute atomic E-state index is 12.3. The molecule has 0 spiro atoms. The number of halogens is 1. The number of nitrogens with one attached hydrogen (secondary N) is 1. The number of fused-ring (bicyclic) bond motifs is 1. The van der Waals surface area contributed by atoms with Gasteiger partial charge in [-0.15, -0.1) is 0 Å². The highest BCUT2D eigenvalue weighted by molar-refractivity contribution is 6.31. The zero-order chi connectivity index (χ0) is 18.1. The second kappa shape index (κ2) is 6.40. The van der Waals surface area contributed by atoms with Crippen LogP contribution in [-0.2, 0) is 11.3 Å². The minimum Gasteiger partial charge on any atom is -0.408 e. The first-order valence-corrected chi connectivity index (χ1v) is 7.57. The molecule has 1 aromatic heterocycles. The summed E-state index contributed by atoms with van der Waals surface area (Å²) in [4.78, 5) is 34.5. The molecular weight excluding hydrogens is 350 g/mol. The molecule has 1 heterocycles. The van der Waals surface area contributed by atoms with E-state index in [9.17, 15) is 19.7 Å². The summed E-state index contributed by atoms with van der Waals surface area (Å²) >= 11 is 5.91. The number of carbonyl (C=O) groups is 1. The molecule has 3 rings (SSSR count). The third kappa shape index (κ3) is 3.38. The van der Waals surface area contributed by atoms with Crippen molar-refractivity contribution in [2.75, 3.05) is 5.32 Å². The lowest BCUT2D eigenvalue weighted by Crippen LogP contribution is -2.25. The molecule has 1 amide bonds. The number of rotatable bonds is 4. The molecule has 2 aromatic carbocycles. The molecule has 3 aromatic rings. The molecule has 0 aliphatic heterocycles. The molecule has 0 unspecified atom stereocenters. The molecule has 0 atom stereocenters. The smallest absolute Gasteiger partial charge is 0.408 e. The van der Waals surface area contributed by atoms with E-state index >= 15 is 0 Å². The summed E-state index contributed by atoms with van der Waals surface area (Å²) < 4.78 is 6.05. The fourth-order valence-electron chi connectivity index (χ4n) is 2.38. The van der Waals surface area contributed by atoms with Crippen molar-refractivity contribution in [1.29, 1.82) is 0 Å². The van der Waals surface area contributed by atoms with Gasteiger partial charge in [0.15, 0.2) is 5.58 Å². The first-order valence-electron chi connectivity index (χ1n) is 7.19. The Morgan fingerprint density at radius 2 is 2.08 bits per heavy atom. The van der Waals surface area contributed by atoms with E-state index in [1.165, 1.54) is 18.2 Å². The molecule has 8 nitrogen and oxygen atoms in total. The van der Waals surface area contributed by atoms with Gasteiger partial charge in [0, 0.05) is 22.8 Å². The van der Waals surface area contributed by atoms with Gasteiger partial charge in [-0.1, -0.05) is 17.7 Å². The van der Waals surface area contributed by atoms with Crippen LogP contribution in [0, 0.1) is 17.0 Å². The molecule has 0 fully saturated rings. The van der Waals surface area contributed by atoms with Crippen LogP contribution < -0.4 is 11.1 Å². The number of anilines is 1. The van der Waals surface area contributed by atoms with Crippen molar-refractivity contribution < 1.29 is 14.1 Å². The number of oxazole rings is 1. The summed E-state index contributed by atoms with van der Waals surface area (Å²) in [6, 6.07) is 8.78. The Morgan fingerprint density at radius 3 is 2.80 bits per heavy atom. The minimum absolute atomic E-state index is 0.169. The molecular formula is C16H12ClN3O5. The van der Waals surface area contributed by atoms with Crippen LogP contribution in [0.5, 0.6) is 0 Å². The highest BCUT2D eigenvalue weighted by Gasteiger charge is 2.16. The van der Waals surface area contributed by atoms with E-state index in [0.717, 1.165) is 10.1 Å². The maximum atomic E-state index is 12.3. The zero-order valence-electron chi connectivity index (χ0n) is 13.0. The Morgan fingerprint density at radius 1 is 1.32 bits per heavy atom. The lowest BCUT2D eigenvalue weighted by Gasteiger charge is -2.09. The zero-order valence-corrected chi connectivity index (χ0v) is 13.7. The molecule has 0 saturated carbocycles. The average molecular weight is 362 g/mol. The molecule has 9 heteroatoms. The predicted octanol–water partition coefficient (Wildman–Crippen LogP) is 3.10. The van der Waals surface area contributed by atoms with Crippen molar-refractivity contribution in [2.45, 2.75) is 13.5 Å². The van der Waals surface area contributed by atoms with Crippen molar-refractivity contribution in [3.8, 4) is 0 Å². The summed E-state index contributed by atoms with van der Waals surface area (Å²) in [7, 11) is 0. The maximum Gasteiger partial charge on any atom is 0.420 e. The van der Waals surface area contributed by atoms with Gasteiger partial charge in [0.1, 0.15) is 6.54 Å². The van der Waals surface area contributed by atoms with Gasteiger partial charge in [-0.05, 0) is 30.7 Å². The first kappa shape index (κ1) is 16.7. The van der Waals surface area contributed by atoms with Gasteiger partial charge in [0.05, 0.1) is 10.4 Å². The minimum atomic E-state index is -0.770. The van der Waals surface area contributed by atoms with Crippen LogP contribution in [0.2, 0.25) is 5.02 Å². The molecule has 25 heavy (non-hydrogen) atoms. The Hall–Kier alpha value is -3.13. The summed E-state index contributed by atoms with van der Waals surface area (Å²) in [6.45, 7) is 1.45. The third-order valence-electron chi connectivity index (χ3n) is 3.64. The number of aryl methyl sites for hydroxylation is 1. The van der Waals surface area contributed by atoms with E-state index in [1.807, 2.05) is 0 Å². The third-order valence-corrected chi connectivity index (χ3v) is 3.87. The number of hydrogen-bond donors (Lipinski definition) is 1. The van der Waals surface area contributed by atoms with Crippen molar-refractivity contribution in [3.05, 3.63) is 67.6 Å². The van der Waals surface area contributed by atoms with Crippen molar-refractivity contribution in [2.24, 2.45) is 0 Å². The summed E-state index contributed by atoms with van der Waals surface area (Å²) in [5.41, 5.74) is 1.47. The number of carbonyl (C=O) groups excluding carboxylic acids is 1. The second-order valence-electron chi connectivity index (χ2n) is 5.37. The van der Waals surface area contributed by atoms with E-state index in [0.29, 0.717) is 10.7 Å². The van der Waals surface area contributed by atoms with Crippen LogP contribution >= 0.6 is 11.6 Å². The van der Waals surface area contributed by atoms with E-state index in [2.05, 4.69) is 5.32 Å². The van der Waals surface area contributed by atoms with Crippen molar-refractivity contribution in [3.63, 3.8) is 0 Å². The topological polar surface area (TPSA) is 107 Å². The first-order chi connectivity index (χ1) is 11.8. The highest BCUT2D eigenvalue weighted by Crippen LogP contribution is 2.22. The van der Waals surface area contributed by atoms with E-state index in [1.54, 1.807) is 25.1 Å². The van der Waals surface area contributed by atoms with Crippen LogP contribution in [0.3, 0.4) is 0 Å². The number of amides is 1. The molecule has 0 bridgehead atoms. The van der Waals surface area contributed by atoms with E-state index in [4.69, 9.17) is 16.0 Å². The van der Waals surface area contributed by atoms with Crippen LogP contribution in [-0.4, -0.2) is 15.4 Å².